The summed E-state index contributed by atoms with van der Waals surface area (Å²) in [4.78, 5) is 25.3. The number of ether oxygens (including phenoxy) is 3. The van der Waals surface area contributed by atoms with Gasteiger partial charge in [0.1, 0.15) is 5.75 Å². The first-order chi connectivity index (χ1) is 17.6. The maximum absolute atomic E-state index is 12.7. The van der Waals surface area contributed by atoms with Crippen molar-refractivity contribution in [2.24, 2.45) is 5.10 Å². The summed E-state index contributed by atoms with van der Waals surface area (Å²) in [7, 11) is 1.56. The largest absolute Gasteiger partial charge is 0.497 e. The third-order valence-electron chi connectivity index (χ3n) is 5.21. The lowest BCUT2D eigenvalue weighted by Gasteiger charge is -2.11. The highest BCUT2D eigenvalue weighted by molar-refractivity contribution is 5.98. The molecular weight excluding hydrogens is 458 g/mol. The van der Waals surface area contributed by atoms with Gasteiger partial charge in [-0.1, -0.05) is 12.1 Å². The number of hydrogen-bond acceptors (Lipinski definition) is 6. The molecule has 0 aliphatic heterocycles. The van der Waals surface area contributed by atoms with E-state index in [9.17, 15) is 9.59 Å². The number of methoxy groups -OCH3 is 1. The quantitative estimate of drug-likeness (QED) is 0.159. The lowest BCUT2D eigenvalue weighted by molar-refractivity contribution is 0.0728. The van der Waals surface area contributed by atoms with Crippen LogP contribution in [0.3, 0.4) is 0 Å². The minimum Gasteiger partial charge on any atom is -0.497 e. The molecule has 0 saturated carbocycles. The molecule has 0 unspecified atom stereocenters. The number of esters is 1. The van der Waals surface area contributed by atoms with Gasteiger partial charge >= 0.3 is 5.97 Å². The van der Waals surface area contributed by atoms with Crippen molar-refractivity contribution in [2.75, 3.05) is 13.7 Å². The summed E-state index contributed by atoms with van der Waals surface area (Å²) in [5.41, 5.74) is 4.83. The molecule has 0 spiro atoms. The number of aromatic nitrogens is 1. The molecule has 0 aliphatic rings. The van der Waals surface area contributed by atoms with E-state index in [0.29, 0.717) is 34.8 Å². The molecule has 1 amide bonds. The van der Waals surface area contributed by atoms with Crippen molar-refractivity contribution >= 4 is 18.1 Å². The normalized spacial score (nSPS) is 10.7. The SMILES string of the molecule is CCOc1cc(/C=N\NC(=O)c2ccccc2-n2cccc2)ccc1OC(=O)c1ccc(OC)cc1. The Morgan fingerprint density at radius 3 is 2.42 bits per heavy atom. The van der Waals surface area contributed by atoms with Gasteiger partial charge in [0, 0.05) is 12.4 Å². The standard InChI is InChI=1S/C28H25N3O5/c1-3-35-26-18-20(10-15-25(26)36-28(33)21-11-13-22(34-2)14-12-21)19-29-30-27(32)23-8-4-5-9-24(23)31-16-6-7-17-31/h4-19H,3H2,1-2H3,(H,30,32)/b29-19-. The fourth-order valence-electron chi connectivity index (χ4n) is 3.46. The number of nitrogens with zero attached hydrogens (tertiary/aromatic N) is 2. The Labute approximate surface area is 208 Å². The van der Waals surface area contributed by atoms with Crippen molar-refractivity contribution in [3.8, 4) is 22.9 Å². The Morgan fingerprint density at radius 1 is 0.944 bits per heavy atom. The van der Waals surface area contributed by atoms with E-state index in [0.717, 1.165) is 5.69 Å². The van der Waals surface area contributed by atoms with Crippen molar-refractivity contribution in [3.63, 3.8) is 0 Å². The van der Waals surface area contributed by atoms with Crippen LogP contribution in [0.25, 0.3) is 5.69 Å². The van der Waals surface area contributed by atoms with Gasteiger partial charge in [0.15, 0.2) is 11.5 Å². The molecule has 0 saturated heterocycles. The van der Waals surface area contributed by atoms with Gasteiger partial charge in [-0.25, -0.2) is 10.2 Å². The van der Waals surface area contributed by atoms with Gasteiger partial charge < -0.3 is 18.8 Å². The van der Waals surface area contributed by atoms with Gasteiger partial charge in [0.2, 0.25) is 0 Å². The average molecular weight is 484 g/mol. The van der Waals surface area contributed by atoms with Crippen molar-refractivity contribution in [1.82, 2.24) is 9.99 Å². The Bertz CT molecular complexity index is 1360. The topological polar surface area (TPSA) is 91.1 Å². The fraction of sp³-hybridized carbons (Fsp3) is 0.107. The molecule has 3 aromatic carbocycles. The Hall–Kier alpha value is -4.85. The van der Waals surface area contributed by atoms with Crippen LogP contribution >= 0.6 is 0 Å². The molecule has 1 N–H and O–H groups in total. The number of carbonyl (C=O) groups excluding carboxylic acids is 2. The van der Waals surface area contributed by atoms with E-state index in [1.54, 1.807) is 61.7 Å². The summed E-state index contributed by atoms with van der Waals surface area (Å²) in [5.74, 6) is 0.442. The second-order valence-electron chi connectivity index (χ2n) is 7.56. The highest BCUT2D eigenvalue weighted by atomic mass is 16.6. The van der Waals surface area contributed by atoms with E-state index >= 15 is 0 Å². The number of para-hydroxylation sites is 1. The summed E-state index contributed by atoms with van der Waals surface area (Å²) in [6.45, 7) is 2.21. The Kier molecular flexibility index (Phi) is 7.77. The van der Waals surface area contributed by atoms with Crippen molar-refractivity contribution in [2.45, 2.75) is 6.92 Å². The maximum Gasteiger partial charge on any atom is 0.343 e. The molecule has 1 aromatic heterocycles. The molecule has 36 heavy (non-hydrogen) atoms. The first-order valence-electron chi connectivity index (χ1n) is 11.3. The summed E-state index contributed by atoms with van der Waals surface area (Å²) in [5, 5.41) is 4.09. The van der Waals surface area contributed by atoms with Crippen LogP contribution in [0.5, 0.6) is 17.2 Å². The lowest BCUT2D eigenvalue weighted by atomic mass is 10.1. The van der Waals surface area contributed by atoms with Crippen molar-refractivity contribution in [1.29, 1.82) is 0 Å². The van der Waals surface area contributed by atoms with Crippen LogP contribution in [-0.4, -0.2) is 36.4 Å². The third-order valence-corrected chi connectivity index (χ3v) is 5.21. The third kappa shape index (κ3) is 5.79. The highest BCUT2D eigenvalue weighted by Gasteiger charge is 2.14. The lowest BCUT2D eigenvalue weighted by Crippen LogP contribution is -2.19. The molecule has 182 valence electrons. The van der Waals surface area contributed by atoms with Crippen molar-refractivity contribution in [3.05, 3.63) is 108 Å². The highest BCUT2D eigenvalue weighted by Crippen LogP contribution is 2.29. The van der Waals surface area contributed by atoms with E-state index in [4.69, 9.17) is 14.2 Å². The van der Waals surface area contributed by atoms with E-state index < -0.39 is 5.97 Å². The minimum absolute atomic E-state index is 0.277. The van der Waals surface area contributed by atoms with Gasteiger partial charge in [-0.2, -0.15) is 5.10 Å². The monoisotopic (exact) mass is 483 g/mol. The Morgan fingerprint density at radius 2 is 1.69 bits per heavy atom. The molecule has 0 fully saturated rings. The average Bonchev–Trinajstić information content (AvgIpc) is 3.45. The molecular formula is C28H25N3O5. The van der Waals surface area contributed by atoms with Crippen LogP contribution in [0, 0.1) is 0 Å². The zero-order valence-electron chi connectivity index (χ0n) is 19.9. The van der Waals surface area contributed by atoms with Gasteiger partial charge in [0.05, 0.1) is 36.7 Å². The molecule has 4 aromatic rings. The molecule has 1 heterocycles. The molecule has 0 aliphatic carbocycles. The number of hydrogen-bond donors (Lipinski definition) is 1. The first-order valence-corrected chi connectivity index (χ1v) is 11.3. The van der Waals surface area contributed by atoms with E-state index in [2.05, 4.69) is 10.5 Å². The molecule has 8 nitrogen and oxygen atoms in total. The number of hydrazone groups is 1. The van der Waals surface area contributed by atoms with Gasteiger partial charge in [-0.3, -0.25) is 4.79 Å². The molecule has 0 bridgehead atoms. The number of rotatable bonds is 9. The van der Waals surface area contributed by atoms with E-state index in [-0.39, 0.29) is 11.7 Å². The first kappa shape index (κ1) is 24.3. The predicted octanol–water partition coefficient (Wildman–Crippen LogP) is 4.87. The number of carbonyl (C=O) groups is 2. The fourth-order valence-corrected chi connectivity index (χ4v) is 3.46. The van der Waals surface area contributed by atoms with Crippen LogP contribution in [-0.2, 0) is 0 Å². The molecule has 0 atom stereocenters. The minimum atomic E-state index is -0.520. The van der Waals surface area contributed by atoms with Crippen LogP contribution in [0.2, 0.25) is 0 Å². The van der Waals surface area contributed by atoms with Crippen LogP contribution in [0.1, 0.15) is 33.2 Å². The van der Waals surface area contributed by atoms with Crippen LogP contribution in [0.15, 0.2) is 96.4 Å². The summed E-state index contributed by atoms with van der Waals surface area (Å²) in [6.07, 6.45) is 5.23. The zero-order chi connectivity index (χ0) is 25.3. The van der Waals surface area contributed by atoms with E-state index in [1.165, 1.54) is 6.21 Å². The molecule has 8 heteroatoms. The Balaban J connectivity index is 1.46. The molecule has 0 radical (unpaired) electrons. The van der Waals surface area contributed by atoms with Gasteiger partial charge in [-0.15, -0.1) is 0 Å². The maximum atomic E-state index is 12.7. The second kappa shape index (κ2) is 11.5. The number of benzene rings is 3. The number of nitrogens with one attached hydrogen (secondary N) is 1. The predicted molar refractivity (Wildman–Crippen MR) is 136 cm³/mol. The smallest absolute Gasteiger partial charge is 0.343 e. The molecule has 4 rings (SSSR count). The zero-order valence-corrected chi connectivity index (χ0v) is 19.9. The van der Waals surface area contributed by atoms with Crippen LogP contribution < -0.4 is 19.6 Å². The summed E-state index contributed by atoms with van der Waals surface area (Å²) < 4.78 is 18.2. The van der Waals surface area contributed by atoms with Crippen molar-refractivity contribution < 1.29 is 23.8 Å². The van der Waals surface area contributed by atoms with E-state index in [1.807, 2.05) is 48.1 Å². The number of amides is 1. The summed E-state index contributed by atoms with van der Waals surface area (Å²) >= 11 is 0. The van der Waals surface area contributed by atoms with Gasteiger partial charge in [0.25, 0.3) is 5.91 Å². The second-order valence-corrected chi connectivity index (χ2v) is 7.56. The van der Waals surface area contributed by atoms with Crippen LogP contribution in [0.4, 0.5) is 0 Å². The summed E-state index contributed by atoms with van der Waals surface area (Å²) in [6, 6.07) is 22.7. The van der Waals surface area contributed by atoms with Gasteiger partial charge in [-0.05, 0) is 79.2 Å².